The van der Waals surface area contributed by atoms with Gasteiger partial charge in [0.2, 0.25) is 5.95 Å². The Labute approximate surface area is 100 Å². The Kier molecular flexibility index (Phi) is 2.35. The minimum Gasteiger partial charge on any atom is -0.366 e. The minimum absolute atomic E-state index is 0.394. The number of nitrogens with two attached hydrogens (primary N) is 1. The standard InChI is InChI=1S/C13H16N4/c1-9-4-2-3-5-11(9)10-6-7-12-15-13(14)16-17(12)8-10/h2-5,10H,6-8H2,1H3,(H2,14,16). The van der Waals surface area contributed by atoms with Gasteiger partial charge in [-0.2, -0.15) is 4.98 Å². The van der Waals surface area contributed by atoms with Crippen LogP contribution >= 0.6 is 0 Å². The molecule has 0 spiro atoms. The van der Waals surface area contributed by atoms with Gasteiger partial charge < -0.3 is 5.73 Å². The number of aryl methyl sites for hydroxylation is 2. The first-order valence-corrected chi connectivity index (χ1v) is 5.99. The molecule has 0 radical (unpaired) electrons. The van der Waals surface area contributed by atoms with E-state index in [1.807, 2.05) is 4.68 Å². The highest BCUT2D eigenvalue weighted by Crippen LogP contribution is 2.29. The van der Waals surface area contributed by atoms with Gasteiger partial charge in [-0.05, 0) is 24.5 Å². The van der Waals surface area contributed by atoms with Crippen molar-refractivity contribution in [2.75, 3.05) is 5.73 Å². The molecule has 0 bridgehead atoms. The average molecular weight is 228 g/mol. The second-order valence-corrected chi connectivity index (χ2v) is 4.66. The molecule has 0 saturated carbocycles. The van der Waals surface area contributed by atoms with Gasteiger partial charge in [-0.3, -0.25) is 0 Å². The fourth-order valence-corrected chi connectivity index (χ4v) is 2.63. The maximum atomic E-state index is 5.63. The first-order valence-electron chi connectivity index (χ1n) is 5.99. The molecule has 0 aliphatic carbocycles. The van der Waals surface area contributed by atoms with Crippen molar-refractivity contribution >= 4 is 5.95 Å². The Hall–Kier alpha value is -1.84. The van der Waals surface area contributed by atoms with E-state index in [4.69, 9.17) is 5.73 Å². The van der Waals surface area contributed by atoms with Crippen LogP contribution in [0.3, 0.4) is 0 Å². The van der Waals surface area contributed by atoms with Gasteiger partial charge in [0.05, 0.1) is 0 Å². The summed E-state index contributed by atoms with van der Waals surface area (Å²) in [5.74, 6) is 1.95. The highest BCUT2D eigenvalue weighted by molar-refractivity contribution is 5.30. The lowest BCUT2D eigenvalue weighted by molar-refractivity contribution is 0.422. The molecule has 1 aliphatic rings. The van der Waals surface area contributed by atoms with Gasteiger partial charge in [-0.25, -0.2) is 4.68 Å². The lowest BCUT2D eigenvalue weighted by Gasteiger charge is -2.24. The number of anilines is 1. The first-order chi connectivity index (χ1) is 8.24. The summed E-state index contributed by atoms with van der Waals surface area (Å²) >= 11 is 0. The van der Waals surface area contributed by atoms with Crippen LogP contribution in [0, 0.1) is 6.92 Å². The van der Waals surface area contributed by atoms with Crippen molar-refractivity contribution in [3.8, 4) is 0 Å². The third-order valence-corrected chi connectivity index (χ3v) is 3.50. The summed E-state index contributed by atoms with van der Waals surface area (Å²) in [6.45, 7) is 3.06. The van der Waals surface area contributed by atoms with E-state index in [0.717, 1.165) is 25.2 Å². The van der Waals surface area contributed by atoms with Crippen molar-refractivity contribution in [1.82, 2.24) is 14.8 Å². The number of fused-ring (bicyclic) bond motifs is 1. The third-order valence-electron chi connectivity index (χ3n) is 3.50. The highest BCUT2D eigenvalue weighted by atomic mass is 15.4. The summed E-state index contributed by atoms with van der Waals surface area (Å²) in [6.07, 6.45) is 2.09. The quantitative estimate of drug-likeness (QED) is 0.811. The van der Waals surface area contributed by atoms with Crippen LogP contribution in [0.25, 0.3) is 0 Å². The van der Waals surface area contributed by atoms with Crippen LogP contribution in [0.4, 0.5) is 5.95 Å². The zero-order valence-corrected chi connectivity index (χ0v) is 9.93. The minimum atomic E-state index is 0.394. The van der Waals surface area contributed by atoms with E-state index in [-0.39, 0.29) is 0 Å². The molecule has 0 amide bonds. The van der Waals surface area contributed by atoms with Crippen LogP contribution in [-0.4, -0.2) is 14.8 Å². The monoisotopic (exact) mass is 228 g/mol. The predicted octanol–water partition coefficient (Wildman–Crippen LogP) is 1.90. The van der Waals surface area contributed by atoms with E-state index < -0.39 is 0 Å². The van der Waals surface area contributed by atoms with Crippen LogP contribution < -0.4 is 5.73 Å². The van der Waals surface area contributed by atoms with Gasteiger partial charge in [0, 0.05) is 18.9 Å². The second kappa shape index (κ2) is 3.87. The lowest BCUT2D eigenvalue weighted by Crippen LogP contribution is -2.20. The SMILES string of the molecule is Cc1ccccc1C1CCc2nc(N)nn2C1. The molecule has 1 aromatic carbocycles. The van der Waals surface area contributed by atoms with E-state index in [9.17, 15) is 0 Å². The van der Waals surface area contributed by atoms with Crippen molar-refractivity contribution in [2.24, 2.45) is 0 Å². The number of benzene rings is 1. The number of aromatic nitrogens is 3. The lowest BCUT2D eigenvalue weighted by atomic mass is 9.89. The molecule has 2 heterocycles. The molecule has 1 atom stereocenters. The molecule has 2 N–H and O–H groups in total. The summed E-state index contributed by atoms with van der Waals surface area (Å²) in [5.41, 5.74) is 8.41. The van der Waals surface area contributed by atoms with E-state index in [1.54, 1.807) is 0 Å². The summed E-state index contributed by atoms with van der Waals surface area (Å²) in [5, 5.41) is 4.24. The molecule has 2 aromatic rings. The molecular weight excluding hydrogens is 212 g/mol. The molecule has 0 fully saturated rings. The van der Waals surface area contributed by atoms with Crippen LogP contribution in [-0.2, 0) is 13.0 Å². The molecule has 4 heteroatoms. The molecule has 88 valence electrons. The predicted molar refractivity (Wildman–Crippen MR) is 66.7 cm³/mol. The van der Waals surface area contributed by atoms with E-state index in [1.165, 1.54) is 11.1 Å². The van der Waals surface area contributed by atoms with Gasteiger partial charge in [0.1, 0.15) is 5.82 Å². The van der Waals surface area contributed by atoms with E-state index in [2.05, 4.69) is 41.3 Å². The first kappa shape index (κ1) is 10.3. The van der Waals surface area contributed by atoms with Crippen molar-refractivity contribution in [1.29, 1.82) is 0 Å². The summed E-state index contributed by atoms with van der Waals surface area (Å²) in [6, 6.07) is 8.57. The Morgan fingerprint density at radius 3 is 3.00 bits per heavy atom. The van der Waals surface area contributed by atoms with Gasteiger partial charge in [0.25, 0.3) is 0 Å². The van der Waals surface area contributed by atoms with Gasteiger partial charge >= 0.3 is 0 Å². The van der Waals surface area contributed by atoms with Crippen LogP contribution in [0.15, 0.2) is 24.3 Å². The maximum Gasteiger partial charge on any atom is 0.239 e. The summed E-state index contributed by atoms with van der Waals surface area (Å²) < 4.78 is 1.95. The van der Waals surface area contributed by atoms with Crippen molar-refractivity contribution in [3.05, 3.63) is 41.2 Å². The summed E-state index contributed by atoms with van der Waals surface area (Å²) in [4.78, 5) is 4.23. The maximum absolute atomic E-state index is 5.63. The number of hydrogen-bond acceptors (Lipinski definition) is 3. The molecule has 1 aliphatic heterocycles. The normalized spacial score (nSPS) is 19.0. The Balaban J connectivity index is 1.91. The summed E-state index contributed by atoms with van der Waals surface area (Å²) in [7, 11) is 0. The Morgan fingerprint density at radius 1 is 1.35 bits per heavy atom. The second-order valence-electron chi connectivity index (χ2n) is 4.66. The topological polar surface area (TPSA) is 56.7 Å². The molecular formula is C13H16N4. The molecule has 3 rings (SSSR count). The number of hydrogen-bond donors (Lipinski definition) is 1. The molecule has 4 nitrogen and oxygen atoms in total. The van der Waals surface area contributed by atoms with Crippen molar-refractivity contribution in [3.63, 3.8) is 0 Å². The van der Waals surface area contributed by atoms with Gasteiger partial charge in [0.15, 0.2) is 0 Å². The molecule has 0 saturated heterocycles. The average Bonchev–Trinajstić information content (AvgIpc) is 2.68. The Morgan fingerprint density at radius 2 is 2.18 bits per heavy atom. The van der Waals surface area contributed by atoms with Crippen molar-refractivity contribution < 1.29 is 0 Å². The molecule has 1 aromatic heterocycles. The largest absolute Gasteiger partial charge is 0.366 e. The molecule has 1 unspecified atom stereocenters. The smallest absolute Gasteiger partial charge is 0.239 e. The molecule has 17 heavy (non-hydrogen) atoms. The van der Waals surface area contributed by atoms with E-state index >= 15 is 0 Å². The highest BCUT2D eigenvalue weighted by Gasteiger charge is 2.23. The number of nitrogen functional groups attached to an aromatic ring is 1. The number of nitrogens with zero attached hydrogens (tertiary/aromatic N) is 3. The van der Waals surface area contributed by atoms with Crippen molar-refractivity contribution in [2.45, 2.75) is 32.2 Å². The van der Waals surface area contributed by atoms with Gasteiger partial charge in [-0.1, -0.05) is 24.3 Å². The number of rotatable bonds is 1. The van der Waals surface area contributed by atoms with Crippen LogP contribution in [0.5, 0.6) is 0 Å². The Bertz CT molecular complexity index is 544. The van der Waals surface area contributed by atoms with Gasteiger partial charge in [-0.15, -0.1) is 5.10 Å². The fraction of sp³-hybridized carbons (Fsp3) is 0.385. The van der Waals surface area contributed by atoms with Crippen LogP contribution in [0.2, 0.25) is 0 Å². The zero-order valence-electron chi connectivity index (χ0n) is 9.93. The third kappa shape index (κ3) is 1.79. The zero-order chi connectivity index (χ0) is 11.8. The van der Waals surface area contributed by atoms with Crippen LogP contribution in [0.1, 0.15) is 29.3 Å². The van der Waals surface area contributed by atoms with E-state index in [0.29, 0.717) is 11.9 Å². The fourth-order valence-electron chi connectivity index (χ4n) is 2.63.